The molecule has 0 saturated heterocycles. The SMILES string of the molecule is CCC(CO)(CCCOCC(F)(F)F)CNC(=O)OC(C)(C)C. The molecule has 0 rings (SSSR count). The number of rotatable bonds is 9. The number of halogens is 3. The minimum atomic E-state index is -4.34. The molecule has 0 aliphatic heterocycles. The molecule has 0 aliphatic rings. The van der Waals surface area contributed by atoms with Crippen molar-refractivity contribution in [3.63, 3.8) is 0 Å². The summed E-state index contributed by atoms with van der Waals surface area (Å²) in [5.41, 5.74) is -1.22. The highest BCUT2D eigenvalue weighted by molar-refractivity contribution is 5.67. The average Bonchev–Trinajstić information content (AvgIpc) is 2.39. The van der Waals surface area contributed by atoms with Gasteiger partial charge in [-0.25, -0.2) is 4.79 Å². The van der Waals surface area contributed by atoms with Gasteiger partial charge in [0.15, 0.2) is 0 Å². The monoisotopic (exact) mass is 343 g/mol. The largest absolute Gasteiger partial charge is 0.444 e. The van der Waals surface area contributed by atoms with Crippen molar-refractivity contribution >= 4 is 6.09 Å². The van der Waals surface area contributed by atoms with E-state index in [1.807, 2.05) is 6.92 Å². The summed E-state index contributed by atoms with van der Waals surface area (Å²) in [6, 6.07) is 0. The zero-order valence-electron chi connectivity index (χ0n) is 14.3. The van der Waals surface area contributed by atoms with Crippen molar-refractivity contribution in [2.75, 3.05) is 26.4 Å². The van der Waals surface area contributed by atoms with E-state index in [1.165, 1.54) is 0 Å². The molecule has 0 aromatic rings. The van der Waals surface area contributed by atoms with Crippen molar-refractivity contribution in [3.05, 3.63) is 0 Å². The highest BCUT2D eigenvalue weighted by Crippen LogP contribution is 2.27. The molecule has 2 N–H and O–H groups in total. The Morgan fingerprint density at radius 1 is 1.22 bits per heavy atom. The first-order chi connectivity index (χ1) is 10.4. The van der Waals surface area contributed by atoms with Crippen LogP contribution in [0.3, 0.4) is 0 Å². The first kappa shape index (κ1) is 22.0. The lowest BCUT2D eigenvalue weighted by molar-refractivity contribution is -0.174. The lowest BCUT2D eigenvalue weighted by Crippen LogP contribution is -2.42. The minimum absolute atomic E-state index is 0.0479. The molecular formula is C15H28F3NO4. The van der Waals surface area contributed by atoms with Crippen LogP contribution in [0.15, 0.2) is 0 Å². The van der Waals surface area contributed by atoms with Crippen LogP contribution < -0.4 is 5.32 Å². The van der Waals surface area contributed by atoms with Crippen LogP contribution in [0.4, 0.5) is 18.0 Å². The van der Waals surface area contributed by atoms with Crippen LogP contribution in [-0.4, -0.2) is 49.3 Å². The van der Waals surface area contributed by atoms with Gasteiger partial charge in [-0.1, -0.05) is 6.92 Å². The van der Waals surface area contributed by atoms with Crippen LogP contribution in [-0.2, 0) is 9.47 Å². The minimum Gasteiger partial charge on any atom is -0.444 e. The first-order valence-electron chi connectivity index (χ1n) is 7.65. The summed E-state index contributed by atoms with van der Waals surface area (Å²) in [5.74, 6) is 0. The van der Waals surface area contributed by atoms with Crippen LogP contribution in [0.2, 0.25) is 0 Å². The van der Waals surface area contributed by atoms with Gasteiger partial charge in [0, 0.05) is 18.6 Å². The van der Waals surface area contributed by atoms with Gasteiger partial charge in [-0.3, -0.25) is 0 Å². The molecule has 1 amide bonds. The lowest BCUT2D eigenvalue weighted by Gasteiger charge is -2.31. The predicted molar refractivity (Wildman–Crippen MR) is 80.2 cm³/mol. The summed E-state index contributed by atoms with van der Waals surface area (Å²) < 4.78 is 45.6. The number of aliphatic hydroxyl groups excluding tert-OH is 1. The van der Waals surface area contributed by atoms with E-state index < -0.39 is 29.9 Å². The van der Waals surface area contributed by atoms with E-state index in [1.54, 1.807) is 20.8 Å². The molecule has 0 aromatic heterocycles. The quantitative estimate of drug-likeness (QED) is 0.631. The molecule has 5 nitrogen and oxygen atoms in total. The fourth-order valence-corrected chi connectivity index (χ4v) is 1.95. The van der Waals surface area contributed by atoms with Crippen LogP contribution in [0.1, 0.15) is 47.0 Å². The number of hydrogen-bond donors (Lipinski definition) is 2. The number of nitrogens with one attached hydrogen (secondary N) is 1. The van der Waals surface area contributed by atoms with Crippen molar-refractivity contribution in [3.8, 4) is 0 Å². The molecule has 0 aliphatic carbocycles. The fourth-order valence-electron chi connectivity index (χ4n) is 1.95. The normalized spacial score (nSPS) is 15.1. The third-order valence-electron chi connectivity index (χ3n) is 3.35. The molecule has 0 spiro atoms. The maximum absolute atomic E-state index is 12.0. The van der Waals surface area contributed by atoms with Crippen molar-refractivity contribution < 1.29 is 32.5 Å². The molecular weight excluding hydrogens is 315 g/mol. The van der Waals surface area contributed by atoms with E-state index in [4.69, 9.17) is 4.74 Å². The zero-order valence-corrected chi connectivity index (χ0v) is 14.3. The molecule has 23 heavy (non-hydrogen) atoms. The smallest absolute Gasteiger partial charge is 0.411 e. The summed E-state index contributed by atoms with van der Waals surface area (Å²) in [6.45, 7) is 5.75. The van der Waals surface area contributed by atoms with E-state index in [0.717, 1.165) is 0 Å². The van der Waals surface area contributed by atoms with Gasteiger partial charge in [-0.05, 0) is 40.0 Å². The predicted octanol–water partition coefficient (Wildman–Crippen LogP) is 3.26. The number of carbonyl (C=O) groups is 1. The maximum atomic E-state index is 12.0. The van der Waals surface area contributed by atoms with Gasteiger partial charge < -0.3 is 19.9 Å². The molecule has 0 aromatic carbocycles. The number of hydrogen-bond acceptors (Lipinski definition) is 4. The Hall–Kier alpha value is -1.02. The second kappa shape index (κ2) is 9.32. The number of alkyl carbamates (subject to hydrolysis) is 1. The zero-order chi connectivity index (χ0) is 18.1. The van der Waals surface area contributed by atoms with Crippen molar-refractivity contribution in [1.82, 2.24) is 5.32 Å². The van der Waals surface area contributed by atoms with E-state index >= 15 is 0 Å². The Morgan fingerprint density at radius 3 is 2.26 bits per heavy atom. The van der Waals surface area contributed by atoms with Gasteiger partial charge in [0.1, 0.15) is 12.2 Å². The lowest BCUT2D eigenvalue weighted by atomic mass is 9.81. The van der Waals surface area contributed by atoms with Gasteiger partial charge in [0.05, 0.1) is 6.61 Å². The maximum Gasteiger partial charge on any atom is 0.411 e. The molecule has 1 unspecified atom stereocenters. The van der Waals surface area contributed by atoms with Gasteiger partial charge in [-0.15, -0.1) is 0 Å². The molecule has 0 heterocycles. The summed E-state index contributed by atoms with van der Waals surface area (Å²) >= 11 is 0. The Morgan fingerprint density at radius 2 is 1.83 bits per heavy atom. The topological polar surface area (TPSA) is 67.8 Å². The molecule has 0 bridgehead atoms. The Labute approximate surface area is 135 Å². The Bertz CT molecular complexity index is 350. The summed E-state index contributed by atoms with van der Waals surface area (Å²) in [4.78, 5) is 11.7. The fraction of sp³-hybridized carbons (Fsp3) is 0.933. The molecule has 0 radical (unpaired) electrons. The first-order valence-corrected chi connectivity index (χ1v) is 7.65. The van der Waals surface area contributed by atoms with Gasteiger partial charge in [0.25, 0.3) is 0 Å². The number of ether oxygens (including phenoxy) is 2. The number of amides is 1. The third-order valence-corrected chi connectivity index (χ3v) is 3.35. The van der Waals surface area contributed by atoms with Crippen LogP contribution in [0, 0.1) is 5.41 Å². The van der Waals surface area contributed by atoms with Crippen molar-refractivity contribution in [1.29, 1.82) is 0 Å². The Kier molecular flexibility index (Phi) is 8.90. The van der Waals surface area contributed by atoms with Gasteiger partial charge in [0.2, 0.25) is 0 Å². The van der Waals surface area contributed by atoms with E-state index in [0.29, 0.717) is 19.3 Å². The second-order valence-electron chi connectivity index (χ2n) is 6.64. The summed E-state index contributed by atoms with van der Waals surface area (Å²) in [6.07, 6.45) is -3.55. The third kappa shape index (κ3) is 11.2. The van der Waals surface area contributed by atoms with Crippen LogP contribution in [0.25, 0.3) is 0 Å². The van der Waals surface area contributed by atoms with Crippen molar-refractivity contribution in [2.45, 2.75) is 58.7 Å². The number of alkyl halides is 3. The van der Waals surface area contributed by atoms with E-state index in [2.05, 4.69) is 10.1 Å². The standard InChI is InChI=1S/C15H28F3NO4/c1-5-14(10-20,7-6-8-22-11-15(16,17)18)9-19-12(21)23-13(2,3)4/h20H,5-11H2,1-4H3,(H,19,21). The second-order valence-corrected chi connectivity index (χ2v) is 6.64. The molecule has 1 atom stereocenters. The highest BCUT2D eigenvalue weighted by atomic mass is 19.4. The van der Waals surface area contributed by atoms with Crippen LogP contribution >= 0.6 is 0 Å². The van der Waals surface area contributed by atoms with Gasteiger partial charge in [-0.2, -0.15) is 13.2 Å². The van der Waals surface area contributed by atoms with E-state index in [9.17, 15) is 23.1 Å². The van der Waals surface area contributed by atoms with Crippen LogP contribution in [0.5, 0.6) is 0 Å². The molecule has 0 saturated carbocycles. The van der Waals surface area contributed by atoms with Crippen molar-refractivity contribution in [2.24, 2.45) is 5.41 Å². The Balaban J connectivity index is 4.27. The molecule has 8 heteroatoms. The summed E-state index contributed by atoms with van der Waals surface area (Å²) in [5, 5.41) is 12.2. The highest BCUT2D eigenvalue weighted by Gasteiger charge is 2.30. The number of aliphatic hydroxyl groups is 1. The summed E-state index contributed by atoms with van der Waals surface area (Å²) in [7, 11) is 0. The van der Waals surface area contributed by atoms with Gasteiger partial charge >= 0.3 is 12.3 Å². The van der Waals surface area contributed by atoms with E-state index in [-0.39, 0.29) is 19.8 Å². The molecule has 138 valence electrons. The number of carbonyl (C=O) groups excluding carboxylic acids is 1. The average molecular weight is 343 g/mol. The molecule has 0 fully saturated rings.